The molecule has 0 radical (unpaired) electrons. The largest absolute Gasteiger partial charge is 0.379 e. The number of carbonyl (C=O) groups is 1. The molecule has 0 bridgehead atoms. The zero-order valence-electron chi connectivity index (χ0n) is 22.9. The number of rotatable bonds is 10. The molecule has 0 spiro atoms. The fourth-order valence-corrected chi connectivity index (χ4v) is 5.08. The number of nitrogens with one attached hydrogen (secondary N) is 1. The van der Waals surface area contributed by atoms with Crippen LogP contribution < -0.4 is 9.50 Å². The van der Waals surface area contributed by atoms with Crippen LogP contribution in [0.2, 0.25) is 0 Å². The summed E-state index contributed by atoms with van der Waals surface area (Å²) in [5.74, 6) is 0.0981. The smallest absolute Gasteiger partial charge is 0.339 e. The van der Waals surface area contributed by atoms with Gasteiger partial charge in [0.05, 0.1) is 0 Å². The van der Waals surface area contributed by atoms with Gasteiger partial charge in [0.25, 0.3) is 0 Å². The van der Waals surface area contributed by atoms with E-state index in [4.69, 9.17) is 4.18 Å². The van der Waals surface area contributed by atoms with Gasteiger partial charge in [-0.05, 0) is 78.3 Å². The summed E-state index contributed by atoms with van der Waals surface area (Å²) >= 11 is 0. The van der Waals surface area contributed by atoms with Crippen LogP contribution in [0.5, 0.6) is 5.75 Å². The minimum absolute atomic E-state index is 0.0292. The van der Waals surface area contributed by atoms with Gasteiger partial charge in [-0.1, -0.05) is 65.0 Å². The Labute approximate surface area is 226 Å². The number of benzene rings is 3. The second kappa shape index (κ2) is 12.4. The number of carbonyl (C=O) groups excluding carboxylic acids is 1. The molecule has 3 aromatic rings. The van der Waals surface area contributed by atoms with Crippen molar-refractivity contribution < 1.29 is 21.8 Å². The number of nitrogens with zero attached hydrogens (tertiary/aromatic N) is 1. The van der Waals surface area contributed by atoms with Crippen LogP contribution in [0.4, 0.5) is 14.9 Å². The SMILES string of the molecule is CCC(C)N(Cc1ccc(OS(=O)(=O)c2ccc(F)cc2)cc1)C(=O)Nc1c(C(C)C)cccc1C(C)C. The Bertz CT molecular complexity index is 1310. The van der Waals surface area contributed by atoms with E-state index in [0.717, 1.165) is 53.1 Å². The molecular weight excluding hydrogens is 503 g/mol. The molecule has 0 aliphatic rings. The lowest BCUT2D eigenvalue weighted by atomic mass is 9.92. The van der Waals surface area contributed by atoms with Crippen molar-refractivity contribution in [2.75, 3.05) is 5.32 Å². The van der Waals surface area contributed by atoms with Gasteiger partial charge in [0, 0.05) is 18.3 Å². The highest BCUT2D eigenvalue weighted by molar-refractivity contribution is 7.87. The first-order valence-corrected chi connectivity index (χ1v) is 14.3. The van der Waals surface area contributed by atoms with Gasteiger partial charge in [-0.15, -0.1) is 0 Å². The summed E-state index contributed by atoms with van der Waals surface area (Å²) in [6, 6.07) is 16.9. The monoisotopic (exact) mass is 540 g/mol. The van der Waals surface area contributed by atoms with Crippen LogP contribution in [0.25, 0.3) is 0 Å². The molecule has 0 saturated carbocycles. The van der Waals surface area contributed by atoms with Gasteiger partial charge < -0.3 is 14.4 Å². The minimum atomic E-state index is -4.10. The van der Waals surface area contributed by atoms with Crippen LogP contribution in [0, 0.1) is 5.82 Å². The molecule has 38 heavy (non-hydrogen) atoms. The topological polar surface area (TPSA) is 75.7 Å². The van der Waals surface area contributed by atoms with Crippen LogP contribution in [-0.2, 0) is 16.7 Å². The van der Waals surface area contributed by atoms with Gasteiger partial charge in [0.2, 0.25) is 0 Å². The average Bonchev–Trinajstić information content (AvgIpc) is 2.87. The number of urea groups is 1. The number of para-hydroxylation sites is 1. The number of halogens is 1. The molecule has 0 aromatic heterocycles. The third-order valence-electron chi connectivity index (χ3n) is 6.57. The van der Waals surface area contributed by atoms with Crippen molar-refractivity contribution in [2.24, 2.45) is 0 Å². The zero-order valence-corrected chi connectivity index (χ0v) is 23.7. The van der Waals surface area contributed by atoms with E-state index in [0.29, 0.717) is 6.54 Å². The highest BCUT2D eigenvalue weighted by Gasteiger charge is 2.23. The second-order valence-electron chi connectivity index (χ2n) is 10.1. The molecule has 0 heterocycles. The normalized spacial score (nSPS) is 12.4. The predicted molar refractivity (Wildman–Crippen MR) is 150 cm³/mol. The maximum Gasteiger partial charge on any atom is 0.339 e. The van der Waals surface area contributed by atoms with E-state index in [1.165, 1.54) is 0 Å². The lowest BCUT2D eigenvalue weighted by Gasteiger charge is -2.30. The van der Waals surface area contributed by atoms with E-state index in [-0.39, 0.29) is 34.6 Å². The number of amides is 2. The van der Waals surface area contributed by atoms with Crippen molar-refractivity contribution >= 4 is 21.8 Å². The Hall–Kier alpha value is -3.39. The van der Waals surface area contributed by atoms with E-state index in [1.807, 2.05) is 19.9 Å². The summed E-state index contributed by atoms with van der Waals surface area (Å²) in [7, 11) is -4.10. The van der Waals surface area contributed by atoms with Gasteiger partial charge in [-0.3, -0.25) is 0 Å². The fourth-order valence-electron chi connectivity index (χ4n) is 4.15. The summed E-state index contributed by atoms with van der Waals surface area (Å²) in [6.07, 6.45) is 0.771. The Morgan fingerprint density at radius 2 is 1.45 bits per heavy atom. The Kier molecular flexibility index (Phi) is 9.55. The number of hydrogen-bond acceptors (Lipinski definition) is 4. The summed E-state index contributed by atoms with van der Waals surface area (Å²) in [4.78, 5) is 15.2. The summed E-state index contributed by atoms with van der Waals surface area (Å²) in [5.41, 5.74) is 3.88. The fraction of sp³-hybridized carbons (Fsp3) is 0.367. The Morgan fingerprint density at radius 3 is 1.95 bits per heavy atom. The lowest BCUT2D eigenvalue weighted by Crippen LogP contribution is -2.41. The van der Waals surface area contributed by atoms with Crippen LogP contribution in [0.3, 0.4) is 0 Å². The van der Waals surface area contributed by atoms with Gasteiger partial charge >= 0.3 is 16.1 Å². The van der Waals surface area contributed by atoms with Crippen LogP contribution in [0.15, 0.2) is 71.6 Å². The van der Waals surface area contributed by atoms with Crippen LogP contribution >= 0.6 is 0 Å². The van der Waals surface area contributed by atoms with Gasteiger partial charge in [-0.25, -0.2) is 9.18 Å². The molecule has 1 unspecified atom stereocenters. The summed E-state index contributed by atoms with van der Waals surface area (Å²) in [5, 5.41) is 3.20. The highest BCUT2D eigenvalue weighted by Crippen LogP contribution is 2.33. The molecule has 0 saturated heterocycles. The van der Waals surface area contributed by atoms with Gasteiger partial charge in [0.15, 0.2) is 0 Å². The van der Waals surface area contributed by atoms with E-state index >= 15 is 0 Å². The molecule has 8 heteroatoms. The van der Waals surface area contributed by atoms with Gasteiger partial charge in [0.1, 0.15) is 16.5 Å². The molecule has 2 amide bonds. The molecule has 0 aliphatic heterocycles. The molecule has 1 N–H and O–H groups in total. The van der Waals surface area contributed by atoms with Crippen molar-refractivity contribution in [3.8, 4) is 5.75 Å². The highest BCUT2D eigenvalue weighted by atomic mass is 32.2. The van der Waals surface area contributed by atoms with Gasteiger partial charge in [-0.2, -0.15) is 8.42 Å². The Balaban J connectivity index is 1.80. The van der Waals surface area contributed by atoms with Crippen molar-refractivity contribution in [1.29, 1.82) is 0 Å². The Morgan fingerprint density at radius 1 is 0.895 bits per heavy atom. The molecule has 6 nitrogen and oxygen atoms in total. The van der Waals surface area contributed by atoms with E-state index in [9.17, 15) is 17.6 Å². The first-order valence-electron chi connectivity index (χ1n) is 12.9. The molecule has 0 fully saturated rings. The zero-order chi connectivity index (χ0) is 28.0. The number of hydrogen-bond donors (Lipinski definition) is 1. The molecule has 3 aromatic carbocycles. The third kappa shape index (κ3) is 7.13. The van der Waals surface area contributed by atoms with E-state index < -0.39 is 15.9 Å². The molecule has 204 valence electrons. The first kappa shape index (κ1) is 29.2. The van der Waals surface area contributed by atoms with Crippen molar-refractivity contribution in [2.45, 2.75) is 77.3 Å². The van der Waals surface area contributed by atoms with Crippen LogP contribution in [-0.4, -0.2) is 25.4 Å². The van der Waals surface area contributed by atoms with Crippen molar-refractivity contribution in [3.63, 3.8) is 0 Å². The molecule has 0 aliphatic carbocycles. The lowest BCUT2D eigenvalue weighted by molar-refractivity contribution is 0.187. The van der Waals surface area contributed by atoms with E-state index in [2.05, 4.69) is 45.1 Å². The summed E-state index contributed by atoms with van der Waals surface area (Å²) < 4.78 is 43.4. The maximum absolute atomic E-state index is 13.6. The first-order chi connectivity index (χ1) is 17.9. The summed E-state index contributed by atoms with van der Waals surface area (Å²) in [6.45, 7) is 12.8. The van der Waals surface area contributed by atoms with Crippen LogP contribution in [0.1, 0.15) is 76.5 Å². The average molecular weight is 541 g/mol. The minimum Gasteiger partial charge on any atom is -0.379 e. The third-order valence-corrected chi connectivity index (χ3v) is 7.83. The predicted octanol–water partition coefficient (Wildman–Crippen LogP) is 7.67. The quantitative estimate of drug-likeness (QED) is 0.268. The molecular formula is C30H37FN2O4S. The molecule has 3 rings (SSSR count). The maximum atomic E-state index is 13.6. The van der Waals surface area contributed by atoms with Crippen molar-refractivity contribution in [3.05, 3.63) is 89.2 Å². The van der Waals surface area contributed by atoms with E-state index in [1.54, 1.807) is 29.2 Å². The number of anilines is 1. The van der Waals surface area contributed by atoms with Crippen molar-refractivity contribution in [1.82, 2.24) is 4.90 Å². The standard InChI is InChI=1S/C30H37FN2O4S/c1-7-22(6)33(30(34)32-29-27(20(2)3)9-8-10-28(29)21(4)5)19-23-11-15-25(16-12-23)37-38(35,36)26-17-13-24(31)14-18-26/h8-18,20-22H,7,19H2,1-6H3,(H,32,34). The second-order valence-corrected chi connectivity index (χ2v) is 11.6. The molecule has 1 atom stereocenters.